The number of ether oxygens (including phenoxy) is 5. The van der Waals surface area contributed by atoms with Crippen LogP contribution in [0.1, 0.15) is 18.1 Å². The van der Waals surface area contributed by atoms with E-state index in [0.717, 1.165) is 16.0 Å². The Bertz CT molecular complexity index is 867. The van der Waals surface area contributed by atoms with Crippen molar-refractivity contribution in [3.05, 3.63) is 47.5 Å². The monoisotopic (exact) mass is 432 g/mol. The van der Waals surface area contributed by atoms with Crippen LogP contribution < -0.4 is 28.6 Å². The van der Waals surface area contributed by atoms with Gasteiger partial charge >= 0.3 is 0 Å². The van der Waals surface area contributed by atoms with E-state index in [4.69, 9.17) is 23.7 Å². The maximum Gasteiger partial charge on any atom is 0.203 e. The number of hydrogen-bond acceptors (Lipinski definition) is 6. The number of likely N-dealkylation sites (N-methyl/N-ethyl adjacent to an activating group) is 1. The first-order chi connectivity index (χ1) is 15.0. The van der Waals surface area contributed by atoms with Crippen LogP contribution in [0, 0.1) is 0 Å². The highest BCUT2D eigenvalue weighted by Crippen LogP contribution is 2.39. The summed E-state index contributed by atoms with van der Waals surface area (Å²) < 4.78 is 27.6. The molecule has 0 heterocycles. The highest BCUT2D eigenvalue weighted by Gasteiger charge is 2.20. The Morgan fingerprint density at radius 1 is 0.903 bits per heavy atom. The molecule has 0 radical (unpaired) electrons. The Hall–Kier alpha value is -2.90. The topological polar surface area (TPSA) is 70.8 Å². The molecule has 0 spiro atoms. The minimum atomic E-state index is -0.647. The minimum Gasteiger partial charge on any atom is -0.493 e. The standard InChI is InChI=1S/C24H33NO6/c1-7-8-17-9-11-20(22(13-17)28-4)31-16-19(26)15-25(2)14-18-10-12-21(27-3)24(30-6)23(18)29-5/h7-13,19,26H,14-16H2,1-6H3/p+1/b8-7+/t19-/m0/s1. The Balaban J connectivity index is 1.98. The SMILES string of the molecule is C/C=C/c1ccc(OC[C@@H](O)C[NH+](C)Cc2ccc(OC)c(OC)c2OC)c(OC)c1. The second kappa shape index (κ2) is 12.1. The summed E-state index contributed by atoms with van der Waals surface area (Å²) >= 11 is 0. The van der Waals surface area contributed by atoms with Crippen molar-refractivity contribution in [2.45, 2.75) is 19.6 Å². The summed E-state index contributed by atoms with van der Waals surface area (Å²) in [5.41, 5.74) is 1.99. The number of quaternary nitrogens is 1. The van der Waals surface area contributed by atoms with Gasteiger partial charge in [-0.15, -0.1) is 0 Å². The van der Waals surface area contributed by atoms with Gasteiger partial charge in [-0.2, -0.15) is 0 Å². The maximum absolute atomic E-state index is 10.5. The number of aliphatic hydroxyl groups excluding tert-OH is 1. The Morgan fingerprint density at radius 3 is 2.19 bits per heavy atom. The number of benzene rings is 2. The molecule has 0 saturated heterocycles. The van der Waals surface area contributed by atoms with Gasteiger partial charge in [-0.1, -0.05) is 18.2 Å². The highest BCUT2D eigenvalue weighted by atomic mass is 16.5. The molecule has 0 saturated carbocycles. The molecule has 170 valence electrons. The molecule has 0 amide bonds. The van der Waals surface area contributed by atoms with Crippen LogP contribution in [0.2, 0.25) is 0 Å². The second-order valence-corrected chi connectivity index (χ2v) is 7.21. The first kappa shape index (κ1) is 24.4. The van der Waals surface area contributed by atoms with Crippen molar-refractivity contribution in [2.24, 2.45) is 0 Å². The molecule has 7 heteroatoms. The molecule has 0 aliphatic carbocycles. The second-order valence-electron chi connectivity index (χ2n) is 7.21. The average Bonchev–Trinajstić information content (AvgIpc) is 2.77. The molecule has 31 heavy (non-hydrogen) atoms. The largest absolute Gasteiger partial charge is 0.493 e. The summed E-state index contributed by atoms with van der Waals surface area (Å²) in [4.78, 5) is 1.09. The summed E-state index contributed by atoms with van der Waals surface area (Å²) in [7, 11) is 8.39. The van der Waals surface area contributed by atoms with Gasteiger partial charge in [0.05, 0.1) is 41.1 Å². The van der Waals surface area contributed by atoms with E-state index in [1.54, 1.807) is 28.4 Å². The number of hydrogen-bond donors (Lipinski definition) is 2. The van der Waals surface area contributed by atoms with E-state index in [1.807, 2.05) is 56.5 Å². The fourth-order valence-corrected chi connectivity index (χ4v) is 3.45. The summed E-state index contributed by atoms with van der Waals surface area (Å²) in [6, 6.07) is 9.51. The zero-order valence-electron chi connectivity index (χ0n) is 19.2. The molecular formula is C24H34NO6+. The molecule has 2 aromatic carbocycles. The predicted octanol–water partition coefficient (Wildman–Crippen LogP) is 2.21. The number of nitrogens with one attached hydrogen (secondary N) is 1. The normalized spacial score (nSPS) is 13.0. The zero-order chi connectivity index (χ0) is 22.8. The van der Waals surface area contributed by atoms with E-state index in [2.05, 4.69) is 0 Å². The van der Waals surface area contributed by atoms with E-state index >= 15 is 0 Å². The summed E-state index contributed by atoms with van der Waals surface area (Å²) in [5, 5.41) is 10.5. The van der Waals surface area contributed by atoms with Crippen molar-refractivity contribution in [1.82, 2.24) is 0 Å². The van der Waals surface area contributed by atoms with Crippen LogP contribution in [0.3, 0.4) is 0 Å². The van der Waals surface area contributed by atoms with Crippen molar-refractivity contribution in [2.75, 3.05) is 48.6 Å². The summed E-state index contributed by atoms with van der Waals surface area (Å²) in [6.45, 7) is 3.27. The molecule has 2 rings (SSSR count). The van der Waals surface area contributed by atoms with Gasteiger partial charge in [0.15, 0.2) is 23.0 Å². The Labute approximate surface area is 184 Å². The maximum atomic E-state index is 10.5. The average molecular weight is 433 g/mol. The third kappa shape index (κ3) is 6.54. The molecule has 0 fully saturated rings. The van der Waals surface area contributed by atoms with Gasteiger partial charge in [-0.25, -0.2) is 0 Å². The third-order valence-electron chi connectivity index (χ3n) is 4.84. The molecule has 0 bridgehead atoms. The molecule has 2 N–H and O–H groups in total. The van der Waals surface area contributed by atoms with E-state index in [9.17, 15) is 5.11 Å². The lowest BCUT2D eigenvalue weighted by atomic mass is 10.1. The van der Waals surface area contributed by atoms with Crippen LogP contribution in [0.15, 0.2) is 36.4 Å². The van der Waals surface area contributed by atoms with Crippen molar-refractivity contribution in [1.29, 1.82) is 0 Å². The van der Waals surface area contributed by atoms with Crippen molar-refractivity contribution in [3.8, 4) is 28.7 Å². The molecule has 0 aromatic heterocycles. The summed E-state index contributed by atoms with van der Waals surface area (Å²) in [5.74, 6) is 3.06. The lowest BCUT2D eigenvalue weighted by Gasteiger charge is -2.21. The fraction of sp³-hybridized carbons (Fsp3) is 0.417. The van der Waals surface area contributed by atoms with Crippen LogP contribution in [0.5, 0.6) is 28.7 Å². The van der Waals surface area contributed by atoms with Gasteiger partial charge in [-0.05, 0) is 36.8 Å². The first-order valence-corrected chi connectivity index (χ1v) is 10.2. The smallest absolute Gasteiger partial charge is 0.203 e. The molecule has 0 aliphatic rings. The summed E-state index contributed by atoms with van der Waals surface area (Å²) in [6.07, 6.45) is 3.30. The zero-order valence-corrected chi connectivity index (χ0v) is 19.2. The number of rotatable bonds is 12. The molecule has 7 nitrogen and oxygen atoms in total. The molecule has 0 aliphatic heterocycles. The molecular weight excluding hydrogens is 398 g/mol. The lowest BCUT2D eigenvalue weighted by Crippen LogP contribution is -3.09. The fourth-order valence-electron chi connectivity index (χ4n) is 3.45. The Kier molecular flexibility index (Phi) is 9.49. The first-order valence-electron chi connectivity index (χ1n) is 10.2. The molecule has 1 unspecified atom stereocenters. The van der Waals surface area contributed by atoms with Crippen LogP contribution >= 0.6 is 0 Å². The van der Waals surface area contributed by atoms with Crippen molar-refractivity contribution < 1.29 is 33.7 Å². The third-order valence-corrected chi connectivity index (χ3v) is 4.84. The van der Waals surface area contributed by atoms with E-state index in [1.165, 1.54) is 0 Å². The predicted molar refractivity (Wildman–Crippen MR) is 121 cm³/mol. The van der Waals surface area contributed by atoms with Crippen molar-refractivity contribution in [3.63, 3.8) is 0 Å². The molecule has 2 atom stereocenters. The van der Waals surface area contributed by atoms with Gasteiger partial charge in [0.25, 0.3) is 0 Å². The van der Waals surface area contributed by atoms with E-state index < -0.39 is 6.10 Å². The van der Waals surface area contributed by atoms with Gasteiger partial charge in [0.2, 0.25) is 5.75 Å². The van der Waals surface area contributed by atoms with Gasteiger partial charge in [0, 0.05) is 0 Å². The number of allylic oxidation sites excluding steroid dienone is 1. The molecule has 2 aromatic rings. The number of methoxy groups -OCH3 is 4. The van der Waals surface area contributed by atoms with Gasteiger partial charge < -0.3 is 33.7 Å². The van der Waals surface area contributed by atoms with Crippen LogP contribution in [0.4, 0.5) is 0 Å². The lowest BCUT2D eigenvalue weighted by molar-refractivity contribution is -0.897. The van der Waals surface area contributed by atoms with Crippen LogP contribution in [-0.4, -0.2) is 59.8 Å². The van der Waals surface area contributed by atoms with Crippen molar-refractivity contribution >= 4 is 6.08 Å². The van der Waals surface area contributed by atoms with E-state index in [0.29, 0.717) is 41.8 Å². The van der Waals surface area contributed by atoms with Crippen LogP contribution in [0.25, 0.3) is 6.08 Å². The van der Waals surface area contributed by atoms with E-state index in [-0.39, 0.29) is 6.61 Å². The quantitative estimate of drug-likeness (QED) is 0.536. The minimum absolute atomic E-state index is 0.166. The number of aliphatic hydroxyl groups is 1. The van der Waals surface area contributed by atoms with Crippen LogP contribution in [-0.2, 0) is 6.54 Å². The van der Waals surface area contributed by atoms with Gasteiger partial charge in [-0.3, -0.25) is 0 Å². The van der Waals surface area contributed by atoms with Gasteiger partial charge in [0.1, 0.15) is 25.8 Å². The Morgan fingerprint density at radius 2 is 1.58 bits per heavy atom. The highest BCUT2D eigenvalue weighted by molar-refractivity contribution is 5.56.